The molecule has 1 heterocycles. The summed E-state index contributed by atoms with van der Waals surface area (Å²) in [6.45, 7) is 6.33. The van der Waals surface area contributed by atoms with Gasteiger partial charge in [-0.25, -0.2) is 0 Å². The summed E-state index contributed by atoms with van der Waals surface area (Å²) in [5, 5.41) is 9.97. The second kappa shape index (κ2) is 3.87. The maximum absolute atomic E-state index is 8.58. The number of thioether (sulfide) groups is 1. The molecule has 0 saturated carbocycles. The maximum Gasteiger partial charge on any atom is 0.179 e. The van der Waals surface area contributed by atoms with Crippen LogP contribution in [-0.4, -0.2) is 28.5 Å². The number of hydrogen-bond acceptors (Lipinski definition) is 3. The van der Waals surface area contributed by atoms with Crippen LogP contribution in [0.2, 0.25) is 0 Å². The summed E-state index contributed by atoms with van der Waals surface area (Å²) in [7, 11) is 0. The minimum atomic E-state index is 0.689. The molecule has 1 rings (SSSR count). The highest BCUT2D eigenvalue weighted by Crippen LogP contribution is 2.25. The first-order valence-corrected chi connectivity index (χ1v) is 4.97. The largest absolute Gasteiger partial charge is 0.309 e. The van der Waals surface area contributed by atoms with E-state index in [-0.39, 0.29) is 0 Å². The van der Waals surface area contributed by atoms with E-state index in [1.165, 1.54) is 6.42 Å². The molecular weight excluding hydrogens is 156 g/mol. The van der Waals surface area contributed by atoms with Crippen molar-refractivity contribution in [2.45, 2.75) is 30.8 Å². The van der Waals surface area contributed by atoms with Crippen LogP contribution in [0, 0.1) is 11.5 Å². The lowest BCUT2D eigenvalue weighted by Gasteiger charge is -2.11. The van der Waals surface area contributed by atoms with Gasteiger partial charge in [-0.2, -0.15) is 17.0 Å². The van der Waals surface area contributed by atoms with Crippen molar-refractivity contribution < 1.29 is 0 Å². The zero-order valence-electron chi connectivity index (χ0n) is 7.08. The third-order valence-corrected chi connectivity index (χ3v) is 3.07. The predicted octanol–water partition coefficient (Wildman–Crippen LogP) is 1.68. The minimum absolute atomic E-state index is 0.689. The molecule has 0 bridgehead atoms. The van der Waals surface area contributed by atoms with Gasteiger partial charge >= 0.3 is 0 Å². The second-order valence-electron chi connectivity index (χ2n) is 3.14. The van der Waals surface area contributed by atoms with Gasteiger partial charge in [0.05, 0.1) is 0 Å². The Balaban J connectivity index is 2.26. The molecule has 0 aromatic carbocycles. The Morgan fingerprint density at radius 1 is 1.64 bits per heavy atom. The summed E-state index contributed by atoms with van der Waals surface area (Å²) < 4.78 is 0. The standard InChI is InChI=1S/C8H14N2S/c1-7(2)11-8-3-4-10(5-8)6-9/h7-8H,3-5H2,1-2H3. The van der Waals surface area contributed by atoms with Gasteiger partial charge < -0.3 is 4.90 Å². The van der Waals surface area contributed by atoms with E-state index in [1.54, 1.807) is 0 Å². The average Bonchev–Trinajstić information content (AvgIpc) is 2.34. The molecule has 2 nitrogen and oxygen atoms in total. The molecule has 1 aliphatic heterocycles. The van der Waals surface area contributed by atoms with Crippen molar-refractivity contribution in [2.75, 3.05) is 13.1 Å². The molecule has 0 spiro atoms. The molecule has 0 aromatic rings. The summed E-state index contributed by atoms with van der Waals surface area (Å²) in [4.78, 5) is 1.85. The van der Waals surface area contributed by atoms with Crippen LogP contribution in [0.5, 0.6) is 0 Å². The Kier molecular flexibility index (Phi) is 3.07. The van der Waals surface area contributed by atoms with Crippen molar-refractivity contribution in [3.05, 3.63) is 0 Å². The lowest BCUT2D eigenvalue weighted by Crippen LogP contribution is -2.15. The normalized spacial score (nSPS) is 24.2. The molecule has 0 radical (unpaired) electrons. The van der Waals surface area contributed by atoms with Crippen molar-refractivity contribution in [1.82, 2.24) is 4.90 Å². The topological polar surface area (TPSA) is 27.0 Å². The fraction of sp³-hybridized carbons (Fsp3) is 0.875. The van der Waals surface area contributed by atoms with Crippen LogP contribution >= 0.6 is 11.8 Å². The van der Waals surface area contributed by atoms with E-state index in [0.717, 1.165) is 13.1 Å². The molecule has 0 N–H and O–H groups in total. The van der Waals surface area contributed by atoms with Crippen molar-refractivity contribution in [3.63, 3.8) is 0 Å². The van der Waals surface area contributed by atoms with Gasteiger partial charge in [-0.15, -0.1) is 0 Å². The van der Waals surface area contributed by atoms with Crippen LogP contribution < -0.4 is 0 Å². The highest BCUT2D eigenvalue weighted by atomic mass is 32.2. The minimum Gasteiger partial charge on any atom is -0.309 e. The van der Waals surface area contributed by atoms with E-state index in [9.17, 15) is 0 Å². The zero-order valence-corrected chi connectivity index (χ0v) is 7.90. The van der Waals surface area contributed by atoms with Gasteiger partial charge in [0.1, 0.15) is 0 Å². The molecule has 0 aromatic heterocycles. The van der Waals surface area contributed by atoms with Gasteiger partial charge in [-0.3, -0.25) is 0 Å². The molecule has 3 heteroatoms. The van der Waals surface area contributed by atoms with Crippen LogP contribution in [0.3, 0.4) is 0 Å². The molecule has 11 heavy (non-hydrogen) atoms. The quantitative estimate of drug-likeness (QED) is 0.590. The van der Waals surface area contributed by atoms with Crippen molar-refractivity contribution in [2.24, 2.45) is 0 Å². The first-order valence-electron chi connectivity index (χ1n) is 4.02. The lowest BCUT2D eigenvalue weighted by molar-refractivity contribution is 0.488. The van der Waals surface area contributed by atoms with Gasteiger partial charge in [0.2, 0.25) is 0 Å². The summed E-state index contributed by atoms with van der Waals surface area (Å²) in [5.41, 5.74) is 0. The predicted molar refractivity (Wildman–Crippen MR) is 48.3 cm³/mol. The molecular formula is C8H14N2S. The zero-order chi connectivity index (χ0) is 8.27. The van der Waals surface area contributed by atoms with E-state index >= 15 is 0 Å². The van der Waals surface area contributed by atoms with Gasteiger partial charge in [0, 0.05) is 18.3 Å². The van der Waals surface area contributed by atoms with Gasteiger partial charge in [-0.05, 0) is 11.7 Å². The molecule has 62 valence electrons. The summed E-state index contributed by atoms with van der Waals surface area (Å²) in [6, 6.07) is 0. The lowest BCUT2D eigenvalue weighted by atomic mass is 10.4. The number of nitriles is 1. The fourth-order valence-electron chi connectivity index (χ4n) is 1.32. The van der Waals surface area contributed by atoms with Crippen LogP contribution in [0.1, 0.15) is 20.3 Å². The van der Waals surface area contributed by atoms with E-state index in [2.05, 4.69) is 20.0 Å². The van der Waals surface area contributed by atoms with Gasteiger partial charge in [0.15, 0.2) is 6.19 Å². The van der Waals surface area contributed by atoms with Crippen molar-refractivity contribution >= 4 is 11.8 Å². The first-order chi connectivity index (χ1) is 5.22. The average molecular weight is 170 g/mol. The second-order valence-corrected chi connectivity index (χ2v) is 5.02. The number of rotatable bonds is 2. The number of hydrogen-bond donors (Lipinski definition) is 0. The Bertz CT molecular complexity index is 162. The molecule has 1 fully saturated rings. The highest BCUT2D eigenvalue weighted by molar-refractivity contribution is 8.00. The SMILES string of the molecule is CC(C)SC1CCN(C#N)C1. The van der Waals surface area contributed by atoms with Gasteiger partial charge in [-0.1, -0.05) is 13.8 Å². The molecule has 1 saturated heterocycles. The molecule has 0 aliphatic carbocycles. The Labute approximate surface area is 72.6 Å². The van der Waals surface area contributed by atoms with Crippen molar-refractivity contribution in [1.29, 1.82) is 5.26 Å². The van der Waals surface area contributed by atoms with E-state index in [0.29, 0.717) is 10.5 Å². The summed E-state index contributed by atoms with van der Waals surface area (Å²) >= 11 is 1.99. The Hall–Kier alpha value is -0.360. The molecule has 0 amide bonds. The third-order valence-electron chi connectivity index (χ3n) is 1.75. The number of nitrogens with zero attached hydrogens (tertiary/aromatic N) is 2. The molecule has 1 aliphatic rings. The third kappa shape index (κ3) is 2.63. The van der Waals surface area contributed by atoms with E-state index in [4.69, 9.17) is 5.26 Å². The maximum atomic E-state index is 8.58. The van der Waals surface area contributed by atoms with Crippen LogP contribution in [0.25, 0.3) is 0 Å². The summed E-state index contributed by atoms with van der Waals surface area (Å²) in [5.74, 6) is 0. The van der Waals surface area contributed by atoms with Crippen LogP contribution in [-0.2, 0) is 0 Å². The Morgan fingerprint density at radius 3 is 2.82 bits per heavy atom. The highest BCUT2D eigenvalue weighted by Gasteiger charge is 2.22. The monoisotopic (exact) mass is 170 g/mol. The van der Waals surface area contributed by atoms with E-state index < -0.39 is 0 Å². The smallest absolute Gasteiger partial charge is 0.179 e. The van der Waals surface area contributed by atoms with E-state index in [1.807, 2.05) is 16.7 Å². The molecule has 1 atom stereocenters. The van der Waals surface area contributed by atoms with Crippen molar-refractivity contribution in [3.8, 4) is 6.19 Å². The van der Waals surface area contributed by atoms with Crippen LogP contribution in [0.4, 0.5) is 0 Å². The Morgan fingerprint density at radius 2 is 2.36 bits per heavy atom. The van der Waals surface area contributed by atoms with Crippen LogP contribution in [0.15, 0.2) is 0 Å². The summed E-state index contributed by atoms with van der Waals surface area (Å²) in [6.07, 6.45) is 3.36. The first kappa shape index (κ1) is 8.73. The molecule has 1 unspecified atom stereocenters. The fourth-order valence-corrected chi connectivity index (χ4v) is 2.59. The number of likely N-dealkylation sites (tertiary alicyclic amines) is 1. The van der Waals surface area contributed by atoms with Gasteiger partial charge in [0.25, 0.3) is 0 Å².